The van der Waals surface area contributed by atoms with Gasteiger partial charge in [-0.2, -0.15) is 11.8 Å². The summed E-state index contributed by atoms with van der Waals surface area (Å²) in [6.07, 6.45) is 5.59. The van der Waals surface area contributed by atoms with Gasteiger partial charge in [-0.25, -0.2) is 0 Å². The van der Waals surface area contributed by atoms with Crippen molar-refractivity contribution in [3.05, 3.63) is 0 Å². The van der Waals surface area contributed by atoms with E-state index in [-0.39, 0.29) is 12.1 Å². The third kappa shape index (κ3) is 2.71. The Kier molecular flexibility index (Phi) is 4.52. The molecule has 2 nitrogen and oxygen atoms in total. The largest absolute Gasteiger partial charge is 0.374 e. The fraction of sp³-hybridized carbons (Fsp3) is 0.778. The van der Waals surface area contributed by atoms with Gasteiger partial charge in [0.1, 0.15) is 0 Å². The predicted octanol–water partition coefficient (Wildman–Crippen LogP) is 0.730. The van der Waals surface area contributed by atoms with Crippen LogP contribution in [-0.4, -0.2) is 36.8 Å². The van der Waals surface area contributed by atoms with E-state index in [1.54, 1.807) is 0 Å². The normalized spacial score (nSPS) is 26.2. The maximum atomic E-state index is 5.56. The van der Waals surface area contributed by atoms with E-state index < -0.39 is 0 Å². The summed E-state index contributed by atoms with van der Waals surface area (Å²) >= 11 is 1.91. The molecule has 0 aromatic carbocycles. The van der Waals surface area contributed by atoms with E-state index in [9.17, 15) is 0 Å². The number of likely N-dealkylation sites (N-methyl/N-ethyl adjacent to an activating group) is 1. The molecule has 0 spiro atoms. The lowest BCUT2D eigenvalue weighted by atomic mass is 10.2. The molecular formula is C9H15NOS. The van der Waals surface area contributed by atoms with Gasteiger partial charge in [-0.15, -0.1) is 6.42 Å². The Morgan fingerprint density at radius 2 is 2.67 bits per heavy atom. The van der Waals surface area contributed by atoms with Crippen LogP contribution in [0.5, 0.6) is 0 Å². The first-order valence-corrected chi connectivity index (χ1v) is 5.42. The summed E-state index contributed by atoms with van der Waals surface area (Å²) in [7, 11) is 0. The molecule has 0 aliphatic carbocycles. The first kappa shape index (κ1) is 9.91. The summed E-state index contributed by atoms with van der Waals surface area (Å²) in [5.74, 6) is 4.84. The highest BCUT2D eigenvalue weighted by molar-refractivity contribution is 7.99. The van der Waals surface area contributed by atoms with E-state index in [0.29, 0.717) is 0 Å². The van der Waals surface area contributed by atoms with Crippen molar-refractivity contribution in [2.45, 2.75) is 19.1 Å². The number of hydrogen-bond donors (Lipinski definition) is 1. The van der Waals surface area contributed by atoms with E-state index in [4.69, 9.17) is 11.2 Å². The van der Waals surface area contributed by atoms with Crippen molar-refractivity contribution in [1.82, 2.24) is 5.32 Å². The lowest BCUT2D eigenvalue weighted by Crippen LogP contribution is -2.43. The summed E-state index contributed by atoms with van der Waals surface area (Å²) < 4.78 is 5.56. The molecule has 0 saturated carbocycles. The minimum atomic E-state index is 0.0859. The molecule has 0 bridgehead atoms. The summed E-state index contributed by atoms with van der Waals surface area (Å²) in [6, 6.07) is 0.0859. The van der Waals surface area contributed by atoms with Crippen LogP contribution in [0.25, 0.3) is 0 Å². The molecule has 12 heavy (non-hydrogen) atoms. The number of rotatable bonds is 3. The summed E-state index contributed by atoms with van der Waals surface area (Å²) in [5.41, 5.74) is 0. The van der Waals surface area contributed by atoms with Gasteiger partial charge in [-0.05, 0) is 6.54 Å². The third-order valence-corrected chi connectivity index (χ3v) is 2.84. The predicted molar refractivity (Wildman–Crippen MR) is 53.4 cm³/mol. The molecular weight excluding hydrogens is 170 g/mol. The molecule has 3 heteroatoms. The summed E-state index contributed by atoms with van der Waals surface area (Å²) in [5, 5.41) is 3.23. The quantitative estimate of drug-likeness (QED) is 0.655. The molecule has 2 atom stereocenters. The highest BCUT2D eigenvalue weighted by atomic mass is 32.2. The Bertz CT molecular complexity index is 160. The zero-order valence-corrected chi connectivity index (χ0v) is 8.19. The average molecular weight is 185 g/mol. The second-order valence-corrected chi connectivity index (χ2v) is 3.84. The van der Waals surface area contributed by atoms with Crippen molar-refractivity contribution >= 4 is 11.8 Å². The molecule has 0 aromatic heterocycles. The zero-order valence-electron chi connectivity index (χ0n) is 7.38. The van der Waals surface area contributed by atoms with Crippen LogP contribution in [0.1, 0.15) is 6.92 Å². The highest BCUT2D eigenvalue weighted by Crippen LogP contribution is 2.14. The van der Waals surface area contributed by atoms with E-state index in [1.165, 1.54) is 0 Å². The molecule has 1 saturated heterocycles. The molecule has 1 rings (SSSR count). The van der Waals surface area contributed by atoms with Gasteiger partial charge < -0.3 is 10.1 Å². The zero-order chi connectivity index (χ0) is 8.81. The number of hydrogen-bond acceptors (Lipinski definition) is 3. The van der Waals surface area contributed by atoms with E-state index in [0.717, 1.165) is 24.7 Å². The van der Waals surface area contributed by atoms with Gasteiger partial charge in [0.25, 0.3) is 0 Å². The second-order valence-electron chi connectivity index (χ2n) is 2.69. The van der Waals surface area contributed by atoms with E-state index in [2.05, 4.69) is 18.2 Å². The maximum Gasteiger partial charge on any atom is 0.0960 e. The monoisotopic (exact) mass is 185 g/mol. The second kappa shape index (κ2) is 5.47. The molecule has 1 N–H and O–H groups in total. The molecule has 1 aliphatic heterocycles. The fourth-order valence-electron chi connectivity index (χ4n) is 1.22. The van der Waals surface area contributed by atoms with Gasteiger partial charge in [-0.1, -0.05) is 12.8 Å². The van der Waals surface area contributed by atoms with Crippen molar-refractivity contribution in [3.63, 3.8) is 0 Å². The van der Waals surface area contributed by atoms with Crippen LogP contribution in [-0.2, 0) is 4.74 Å². The number of thioether (sulfide) groups is 1. The molecule has 68 valence electrons. The smallest absolute Gasteiger partial charge is 0.0960 e. The first-order valence-electron chi connectivity index (χ1n) is 4.27. The molecule has 1 fully saturated rings. The molecule has 0 radical (unpaired) electrons. The van der Waals surface area contributed by atoms with E-state index >= 15 is 0 Å². The van der Waals surface area contributed by atoms with Gasteiger partial charge in [0.15, 0.2) is 0 Å². The van der Waals surface area contributed by atoms with Crippen molar-refractivity contribution in [3.8, 4) is 12.3 Å². The van der Waals surface area contributed by atoms with Crippen LogP contribution in [0.15, 0.2) is 0 Å². The van der Waals surface area contributed by atoms with Gasteiger partial charge in [-0.3, -0.25) is 0 Å². The van der Waals surface area contributed by atoms with Crippen LogP contribution in [0, 0.1) is 12.3 Å². The molecule has 2 unspecified atom stereocenters. The minimum Gasteiger partial charge on any atom is -0.374 e. The van der Waals surface area contributed by atoms with Gasteiger partial charge in [0.05, 0.1) is 18.8 Å². The number of nitrogens with one attached hydrogen (secondary N) is 1. The molecule has 1 heterocycles. The maximum absolute atomic E-state index is 5.56. The topological polar surface area (TPSA) is 21.3 Å². The van der Waals surface area contributed by atoms with Crippen LogP contribution in [0.4, 0.5) is 0 Å². The Morgan fingerprint density at radius 1 is 1.83 bits per heavy atom. The number of ether oxygens (including phenoxy) is 1. The van der Waals surface area contributed by atoms with Crippen LogP contribution in [0.3, 0.4) is 0 Å². The van der Waals surface area contributed by atoms with Crippen LogP contribution < -0.4 is 5.32 Å². The lowest BCUT2D eigenvalue weighted by molar-refractivity contribution is 0.0613. The number of terminal acetylenes is 1. The Hall–Kier alpha value is -0.170. The SMILES string of the molecule is C#CC(NCC)C1CSCCO1. The minimum absolute atomic E-state index is 0.0859. The fourth-order valence-corrected chi connectivity index (χ4v) is 2.12. The Morgan fingerprint density at radius 3 is 3.17 bits per heavy atom. The van der Waals surface area contributed by atoms with E-state index in [1.807, 2.05) is 11.8 Å². The van der Waals surface area contributed by atoms with Gasteiger partial charge >= 0.3 is 0 Å². The highest BCUT2D eigenvalue weighted by Gasteiger charge is 2.21. The Balaban J connectivity index is 2.36. The molecule has 0 aromatic rings. The van der Waals surface area contributed by atoms with Crippen molar-refractivity contribution in [2.75, 3.05) is 24.7 Å². The summed E-state index contributed by atoms with van der Waals surface area (Å²) in [4.78, 5) is 0. The van der Waals surface area contributed by atoms with Gasteiger partial charge in [0.2, 0.25) is 0 Å². The lowest BCUT2D eigenvalue weighted by Gasteiger charge is -2.27. The molecule has 1 aliphatic rings. The first-order chi connectivity index (χ1) is 5.88. The molecule has 0 amide bonds. The summed E-state index contributed by atoms with van der Waals surface area (Å²) in [6.45, 7) is 3.79. The van der Waals surface area contributed by atoms with Gasteiger partial charge in [0, 0.05) is 11.5 Å². The average Bonchev–Trinajstić information content (AvgIpc) is 2.15. The van der Waals surface area contributed by atoms with Crippen LogP contribution in [0.2, 0.25) is 0 Å². The Labute approximate surface area is 78.4 Å². The van der Waals surface area contributed by atoms with Crippen molar-refractivity contribution in [1.29, 1.82) is 0 Å². The van der Waals surface area contributed by atoms with Crippen molar-refractivity contribution < 1.29 is 4.74 Å². The standard InChI is InChI=1S/C9H15NOS/c1-3-8(10-4-2)9-7-12-6-5-11-9/h1,8-10H,4-7H2,2H3. The van der Waals surface area contributed by atoms with Crippen molar-refractivity contribution in [2.24, 2.45) is 0 Å². The van der Waals surface area contributed by atoms with Crippen LogP contribution >= 0.6 is 11.8 Å². The third-order valence-electron chi connectivity index (χ3n) is 1.82.